The zero-order chi connectivity index (χ0) is 14.6. The maximum absolute atomic E-state index is 12.0. The zero-order valence-corrected chi connectivity index (χ0v) is 13.2. The van der Waals surface area contributed by atoms with Crippen molar-refractivity contribution in [3.8, 4) is 5.75 Å². The summed E-state index contributed by atoms with van der Waals surface area (Å²) in [5.74, 6) is -0.527. The fraction of sp³-hybridized carbons (Fsp3) is 0.300. The first-order chi connectivity index (χ1) is 8.75. The fourth-order valence-corrected chi connectivity index (χ4v) is 3.36. The maximum Gasteiger partial charge on any atom is 0.409 e. The van der Waals surface area contributed by atoms with Gasteiger partial charge in [0.25, 0.3) is 0 Å². The minimum atomic E-state index is -3.79. The molecule has 2 atom stereocenters. The Morgan fingerprint density at radius 3 is 2.58 bits per heavy atom. The summed E-state index contributed by atoms with van der Waals surface area (Å²) in [4.78, 5) is 11.2. The van der Waals surface area contributed by atoms with Gasteiger partial charge in [0.2, 0.25) is 0 Å². The van der Waals surface area contributed by atoms with Crippen LogP contribution in [0, 0.1) is 0 Å². The molecule has 0 aromatic heterocycles. The third-order valence-electron chi connectivity index (χ3n) is 2.01. The Morgan fingerprint density at radius 2 is 2.05 bits per heavy atom. The summed E-state index contributed by atoms with van der Waals surface area (Å²) in [7, 11) is 1.20. The van der Waals surface area contributed by atoms with Crippen LogP contribution in [-0.4, -0.2) is 19.1 Å². The molecule has 1 rings (SSSR count). The number of benzene rings is 1. The molecule has 0 aliphatic heterocycles. The topological polar surface area (TPSA) is 64.6 Å². The molecule has 0 radical (unpaired) electrons. The Morgan fingerprint density at radius 1 is 1.42 bits per heavy atom. The van der Waals surface area contributed by atoms with Gasteiger partial charge in [-0.15, -0.1) is 0 Å². The van der Waals surface area contributed by atoms with E-state index in [1.165, 1.54) is 32.2 Å². The summed E-state index contributed by atoms with van der Waals surface area (Å²) in [5, 5.41) is 2.88. The summed E-state index contributed by atoms with van der Waals surface area (Å²) in [5.41, 5.74) is 0. The number of hydrogen-bond acceptors (Lipinski definition) is 4. The molecule has 106 valence electrons. The van der Waals surface area contributed by atoms with Crippen LogP contribution in [0.4, 0.5) is 0 Å². The molecular weight excluding hydrogens is 335 g/mol. The molecule has 0 bridgehead atoms. The number of halogens is 3. The van der Waals surface area contributed by atoms with E-state index in [9.17, 15) is 9.36 Å². The molecule has 0 saturated carbocycles. The van der Waals surface area contributed by atoms with Crippen LogP contribution in [0.1, 0.15) is 6.92 Å². The molecule has 1 aromatic rings. The van der Waals surface area contributed by atoms with Crippen LogP contribution in [0.25, 0.3) is 0 Å². The van der Waals surface area contributed by atoms with Crippen molar-refractivity contribution in [3.63, 3.8) is 0 Å². The van der Waals surface area contributed by atoms with Gasteiger partial charge >= 0.3 is 12.8 Å². The molecule has 0 amide bonds. The van der Waals surface area contributed by atoms with Crippen molar-refractivity contribution in [1.29, 1.82) is 0 Å². The minimum absolute atomic E-state index is 0.0916. The number of rotatable bonds is 5. The van der Waals surface area contributed by atoms with Gasteiger partial charge in [0.1, 0.15) is 11.8 Å². The standard InChI is InChI=1S/C10H11Cl3NO4P/c1-6(10(15)17-2)14-19(13,16)18-9-4-3-7(11)5-8(9)12/h3-6H,1-2H3,(H,14,16)/t6-,19?/m0/s1. The second kappa shape index (κ2) is 6.82. The summed E-state index contributed by atoms with van der Waals surface area (Å²) in [6, 6.07) is 3.45. The van der Waals surface area contributed by atoms with Crippen molar-refractivity contribution in [2.24, 2.45) is 0 Å². The van der Waals surface area contributed by atoms with Crippen LogP contribution in [0.15, 0.2) is 18.2 Å². The maximum atomic E-state index is 12.0. The highest BCUT2D eigenvalue weighted by atomic mass is 35.7. The molecule has 1 aromatic carbocycles. The quantitative estimate of drug-likeness (QED) is 0.647. The number of carbonyl (C=O) groups excluding carboxylic acids is 1. The Kier molecular flexibility index (Phi) is 5.96. The first-order valence-electron chi connectivity index (χ1n) is 5.05. The van der Waals surface area contributed by atoms with E-state index in [2.05, 4.69) is 9.82 Å². The molecular formula is C10H11Cl3NO4P. The van der Waals surface area contributed by atoms with Crippen LogP contribution in [0.5, 0.6) is 5.75 Å². The lowest BCUT2D eigenvalue weighted by atomic mass is 10.3. The third-order valence-corrected chi connectivity index (χ3v) is 4.17. The van der Waals surface area contributed by atoms with E-state index in [-0.39, 0.29) is 10.8 Å². The largest absolute Gasteiger partial charge is 0.468 e. The van der Waals surface area contributed by atoms with Gasteiger partial charge in [0.05, 0.1) is 12.1 Å². The van der Waals surface area contributed by atoms with Gasteiger partial charge in [0.15, 0.2) is 0 Å². The van der Waals surface area contributed by atoms with E-state index >= 15 is 0 Å². The van der Waals surface area contributed by atoms with Crippen LogP contribution < -0.4 is 9.61 Å². The van der Waals surface area contributed by atoms with Crippen LogP contribution in [-0.2, 0) is 14.1 Å². The molecule has 1 N–H and O–H groups in total. The van der Waals surface area contributed by atoms with Crippen LogP contribution in [0.2, 0.25) is 10.0 Å². The van der Waals surface area contributed by atoms with Gasteiger partial charge in [-0.2, -0.15) is 0 Å². The second-order valence-corrected chi connectivity index (χ2v) is 7.10. The number of methoxy groups -OCH3 is 1. The number of nitrogens with one attached hydrogen (secondary N) is 1. The third kappa shape index (κ3) is 5.21. The summed E-state index contributed by atoms with van der Waals surface area (Å²) in [6.07, 6.45) is 0. The van der Waals surface area contributed by atoms with Crippen molar-refractivity contribution < 1.29 is 18.6 Å². The van der Waals surface area contributed by atoms with Gasteiger partial charge in [-0.3, -0.25) is 4.79 Å². The highest BCUT2D eigenvalue weighted by Gasteiger charge is 2.28. The van der Waals surface area contributed by atoms with Gasteiger partial charge in [0, 0.05) is 16.3 Å². The summed E-state index contributed by atoms with van der Waals surface area (Å²) < 4.78 is 21.5. The Labute approximate surface area is 125 Å². The molecule has 1 unspecified atom stereocenters. The zero-order valence-electron chi connectivity index (χ0n) is 10.0. The SMILES string of the molecule is COC(=O)[C@H](C)NP(=O)(Cl)Oc1ccc(Cl)cc1Cl. The van der Waals surface area contributed by atoms with E-state index in [1.54, 1.807) is 0 Å². The average molecular weight is 347 g/mol. The van der Waals surface area contributed by atoms with Crippen LogP contribution >= 0.6 is 41.3 Å². The van der Waals surface area contributed by atoms with Crippen molar-refractivity contribution in [2.45, 2.75) is 13.0 Å². The lowest BCUT2D eigenvalue weighted by Gasteiger charge is -2.18. The van der Waals surface area contributed by atoms with Crippen molar-refractivity contribution in [1.82, 2.24) is 5.09 Å². The highest BCUT2D eigenvalue weighted by Crippen LogP contribution is 2.50. The first kappa shape index (κ1) is 16.6. The smallest absolute Gasteiger partial charge is 0.409 e. The molecule has 0 heterocycles. The number of ether oxygens (including phenoxy) is 1. The predicted molar refractivity (Wildman–Crippen MR) is 75.2 cm³/mol. The Bertz CT molecular complexity index is 525. The predicted octanol–water partition coefficient (Wildman–Crippen LogP) is 3.87. The normalized spacial score (nSPS) is 15.4. The Hall–Kier alpha value is -0.450. The van der Waals surface area contributed by atoms with Crippen LogP contribution in [0.3, 0.4) is 0 Å². The van der Waals surface area contributed by atoms with E-state index < -0.39 is 18.9 Å². The number of carbonyl (C=O) groups is 1. The molecule has 0 aliphatic carbocycles. The number of hydrogen-bond donors (Lipinski definition) is 1. The summed E-state index contributed by atoms with van der Waals surface area (Å²) >= 11 is 17.3. The van der Waals surface area contributed by atoms with E-state index in [0.29, 0.717) is 5.02 Å². The monoisotopic (exact) mass is 345 g/mol. The van der Waals surface area contributed by atoms with Gasteiger partial charge in [-0.1, -0.05) is 23.2 Å². The molecule has 0 saturated heterocycles. The van der Waals surface area contributed by atoms with Crippen molar-refractivity contribution >= 4 is 47.3 Å². The second-order valence-electron chi connectivity index (χ2n) is 3.52. The van der Waals surface area contributed by atoms with Gasteiger partial charge in [-0.25, -0.2) is 9.65 Å². The lowest BCUT2D eigenvalue weighted by molar-refractivity contribution is -0.142. The molecule has 0 aliphatic rings. The highest BCUT2D eigenvalue weighted by molar-refractivity contribution is 7.84. The first-order valence-corrected chi connectivity index (χ1v) is 8.33. The molecule has 0 spiro atoms. The lowest BCUT2D eigenvalue weighted by Crippen LogP contribution is -2.32. The summed E-state index contributed by atoms with van der Waals surface area (Å²) in [6.45, 7) is -2.35. The van der Waals surface area contributed by atoms with Crippen molar-refractivity contribution in [2.75, 3.05) is 7.11 Å². The molecule has 0 fully saturated rings. The fourth-order valence-electron chi connectivity index (χ4n) is 1.16. The van der Waals surface area contributed by atoms with E-state index in [0.717, 1.165) is 0 Å². The van der Waals surface area contributed by atoms with Gasteiger partial charge < -0.3 is 9.26 Å². The number of esters is 1. The van der Waals surface area contributed by atoms with Crippen molar-refractivity contribution in [3.05, 3.63) is 28.2 Å². The average Bonchev–Trinajstić information content (AvgIpc) is 2.31. The molecule has 19 heavy (non-hydrogen) atoms. The Balaban J connectivity index is 2.79. The molecule has 5 nitrogen and oxygen atoms in total. The van der Waals surface area contributed by atoms with E-state index in [1.807, 2.05) is 0 Å². The van der Waals surface area contributed by atoms with E-state index in [4.69, 9.17) is 39.0 Å². The molecule has 9 heteroatoms. The minimum Gasteiger partial charge on any atom is -0.468 e. The van der Waals surface area contributed by atoms with Gasteiger partial charge in [-0.05, 0) is 25.1 Å².